The largest absolute Gasteiger partial charge is 0.340 e. The molecule has 1 aliphatic heterocycles. The Morgan fingerprint density at radius 1 is 0.941 bits per heavy atom. The lowest BCUT2D eigenvalue weighted by molar-refractivity contribution is -0.131. The van der Waals surface area contributed by atoms with E-state index in [4.69, 9.17) is 4.52 Å². The second-order valence-corrected chi connectivity index (χ2v) is 10.2. The third-order valence-corrected chi connectivity index (χ3v) is 7.94. The number of rotatable bonds is 5. The number of amides is 1. The highest BCUT2D eigenvalue weighted by Gasteiger charge is 2.30. The molecule has 34 heavy (non-hydrogen) atoms. The molecular formula is C25H24N4O4S. The van der Waals surface area contributed by atoms with E-state index in [2.05, 4.69) is 10.1 Å². The van der Waals surface area contributed by atoms with Gasteiger partial charge in [-0.15, -0.1) is 0 Å². The van der Waals surface area contributed by atoms with Crippen LogP contribution in [0.25, 0.3) is 22.2 Å². The van der Waals surface area contributed by atoms with Crippen LogP contribution in [0, 0.1) is 6.92 Å². The Balaban J connectivity index is 1.21. The SMILES string of the molecule is Cc1nc(-c2ccc(CC(=O)N3CCN(S(=O)(=O)c4ccc5ccccc5c4)CC3)cc2)no1. The minimum Gasteiger partial charge on any atom is -0.340 e. The van der Waals surface area contributed by atoms with E-state index in [9.17, 15) is 13.2 Å². The Bertz CT molecular complexity index is 1440. The molecule has 0 unspecified atom stereocenters. The summed E-state index contributed by atoms with van der Waals surface area (Å²) in [5, 5.41) is 5.78. The van der Waals surface area contributed by atoms with Crippen molar-refractivity contribution in [3.8, 4) is 11.4 Å². The predicted octanol–water partition coefficient (Wildman–Crippen LogP) is 3.27. The van der Waals surface area contributed by atoms with E-state index in [0.29, 0.717) is 24.8 Å². The van der Waals surface area contributed by atoms with Gasteiger partial charge in [-0.3, -0.25) is 4.79 Å². The molecule has 1 aromatic heterocycles. The molecule has 9 heteroatoms. The quantitative estimate of drug-likeness (QED) is 0.439. The molecule has 174 valence electrons. The van der Waals surface area contributed by atoms with Crippen LogP contribution in [-0.2, 0) is 21.2 Å². The number of carbonyl (C=O) groups excluding carboxylic acids is 1. The number of hydrogen-bond donors (Lipinski definition) is 0. The van der Waals surface area contributed by atoms with Crippen molar-refractivity contribution >= 4 is 26.7 Å². The fourth-order valence-electron chi connectivity index (χ4n) is 4.13. The molecule has 4 aromatic rings. The third kappa shape index (κ3) is 4.44. The number of aryl methyl sites for hydroxylation is 1. The molecule has 1 aliphatic rings. The van der Waals surface area contributed by atoms with Crippen LogP contribution in [-0.4, -0.2) is 59.8 Å². The average molecular weight is 477 g/mol. The number of carbonyl (C=O) groups is 1. The molecule has 5 rings (SSSR count). The van der Waals surface area contributed by atoms with E-state index >= 15 is 0 Å². The van der Waals surface area contributed by atoms with Crippen molar-refractivity contribution in [2.24, 2.45) is 0 Å². The van der Waals surface area contributed by atoms with Crippen molar-refractivity contribution in [3.05, 3.63) is 78.2 Å². The van der Waals surface area contributed by atoms with Gasteiger partial charge in [0.25, 0.3) is 0 Å². The molecule has 0 saturated carbocycles. The highest BCUT2D eigenvalue weighted by Crippen LogP contribution is 2.23. The van der Waals surface area contributed by atoms with Crippen molar-refractivity contribution in [3.63, 3.8) is 0 Å². The lowest BCUT2D eigenvalue weighted by atomic mass is 10.1. The van der Waals surface area contributed by atoms with E-state index in [-0.39, 0.29) is 30.3 Å². The Morgan fingerprint density at radius 3 is 2.32 bits per heavy atom. The van der Waals surface area contributed by atoms with Crippen LogP contribution in [0.15, 0.2) is 76.1 Å². The first-order valence-electron chi connectivity index (χ1n) is 11.1. The van der Waals surface area contributed by atoms with Crippen LogP contribution in [0.5, 0.6) is 0 Å². The van der Waals surface area contributed by atoms with Crippen LogP contribution < -0.4 is 0 Å². The number of sulfonamides is 1. The molecule has 0 bridgehead atoms. The summed E-state index contributed by atoms with van der Waals surface area (Å²) >= 11 is 0. The Morgan fingerprint density at radius 2 is 1.65 bits per heavy atom. The number of fused-ring (bicyclic) bond motifs is 1. The van der Waals surface area contributed by atoms with Gasteiger partial charge in [0.1, 0.15) is 0 Å². The Hall–Kier alpha value is -3.56. The molecule has 1 amide bonds. The molecule has 0 aliphatic carbocycles. The van der Waals surface area contributed by atoms with E-state index in [0.717, 1.165) is 21.9 Å². The lowest BCUT2D eigenvalue weighted by Crippen LogP contribution is -2.50. The number of aromatic nitrogens is 2. The van der Waals surface area contributed by atoms with E-state index < -0.39 is 10.0 Å². The van der Waals surface area contributed by atoms with Crippen LogP contribution in [0.3, 0.4) is 0 Å². The van der Waals surface area contributed by atoms with Crippen molar-refractivity contribution in [1.29, 1.82) is 0 Å². The van der Waals surface area contributed by atoms with E-state index in [1.54, 1.807) is 24.0 Å². The fraction of sp³-hybridized carbons (Fsp3) is 0.240. The number of nitrogens with zero attached hydrogens (tertiary/aromatic N) is 4. The van der Waals surface area contributed by atoms with Crippen LogP contribution >= 0.6 is 0 Å². The zero-order valence-corrected chi connectivity index (χ0v) is 19.5. The molecule has 1 fully saturated rings. The monoisotopic (exact) mass is 476 g/mol. The second-order valence-electron chi connectivity index (χ2n) is 8.30. The van der Waals surface area contributed by atoms with Crippen molar-refractivity contribution in [2.45, 2.75) is 18.2 Å². The molecule has 0 atom stereocenters. The first-order valence-corrected chi connectivity index (χ1v) is 12.5. The summed E-state index contributed by atoms with van der Waals surface area (Å²) in [4.78, 5) is 19.0. The summed E-state index contributed by atoms with van der Waals surface area (Å²) in [7, 11) is -3.62. The third-order valence-electron chi connectivity index (χ3n) is 6.05. The summed E-state index contributed by atoms with van der Waals surface area (Å²) in [6.45, 7) is 3.02. The van der Waals surface area contributed by atoms with Gasteiger partial charge in [0, 0.05) is 38.7 Å². The minimum atomic E-state index is -3.62. The van der Waals surface area contributed by atoms with Crippen LogP contribution in [0.4, 0.5) is 0 Å². The average Bonchev–Trinajstić information content (AvgIpc) is 3.30. The second kappa shape index (κ2) is 9.00. The van der Waals surface area contributed by atoms with Gasteiger partial charge in [-0.25, -0.2) is 8.42 Å². The standard InChI is InChI=1S/C25H24N4O4S/c1-18-26-25(27-33-18)21-8-6-19(7-9-21)16-24(30)28-12-14-29(15-13-28)34(31,32)23-11-10-20-4-2-3-5-22(20)17-23/h2-11,17H,12-16H2,1H3. The highest BCUT2D eigenvalue weighted by molar-refractivity contribution is 7.89. The zero-order valence-electron chi connectivity index (χ0n) is 18.7. The predicted molar refractivity (Wildman–Crippen MR) is 127 cm³/mol. The van der Waals surface area contributed by atoms with Gasteiger partial charge in [0.15, 0.2) is 0 Å². The maximum absolute atomic E-state index is 13.2. The summed E-state index contributed by atoms with van der Waals surface area (Å²) < 4.78 is 32.8. The summed E-state index contributed by atoms with van der Waals surface area (Å²) in [5.74, 6) is 0.987. The van der Waals surface area contributed by atoms with Gasteiger partial charge >= 0.3 is 0 Å². The highest BCUT2D eigenvalue weighted by atomic mass is 32.2. The smallest absolute Gasteiger partial charge is 0.243 e. The number of benzene rings is 3. The topological polar surface area (TPSA) is 96.6 Å². The van der Waals surface area contributed by atoms with Crippen LogP contribution in [0.1, 0.15) is 11.5 Å². The van der Waals surface area contributed by atoms with Gasteiger partial charge in [-0.05, 0) is 28.5 Å². The van der Waals surface area contributed by atoms with Gasteiger partial charge in [-0.1, -0.05) is 59.8 Å². The summed E-state index contributed by atoms with van der Waals surface area (Å²) in [5.41, 5.74) is 1.70. The Kier molecular flexibility index (Phi) is 5.89. The molecular weight excluding hydrogens is 452 g/mol. The molecule has 2 heterocycles. The molecule has 0 spiro atoms. The van der Waals surface area contributed by atoms with Crippen molar-refractivity contribution < 1.29 is 17.7 Å². The normalized spacial score (nSPS) is 15.0. The first-order chi connectivity index (χ1) is 16.4. The summed E-state index contributed by atoms with van der Waals surface area (Å²) in [6.07, 6.45) is 0.253. The maximum atomic E-state index is 13.2. The summed E-state index contributed by atoms with van der Waals surface area (Å²) in [6, 6.07) is 20.3. The molecule has 1 saturated heterocycles. The van der Waals surface area contributed by atoms with Gasteiger partial charge in [0.05, 0.1) is 11.3 Å². The Labute approximate surface area is 197 Å². The van der Waals surface area contributed by atoms with Crippen molar-refractivity contribution in [1.82, 2.24) is 19.3 Å². The fourth-order valence-corrected chi connectivity index (χ4v) is 5.59. The maximum Gasteiger partial charge on any atom is 0.243 e. The molecule has 3 aromatic carbocycles. The zero-order chi connectivity index (χ0) is 23.7. The van der Waals surface area contributed by atoms with E-state index in [1.165, 1.54) is 4.31 Å². The molecule has 0 N–H and O–H groups in total. The number of hydrogen-bond acceptors (Lipinski definition) is 6. The van der Waals surface area contributed by atoms with E-state index in [1.807, 2.05) is 54.6 Å². The van der Waals surface area contributed by atoms with Gasteiger partial charge < -0.3 is 9.42 Å². The first kappa shape index (κ1) is 22.2. The molecule has 0 radical (unpaired) electrons. The lowest BCUT2D eigenvalue weighted by Gasteiger charge is -2.34. The molecule has 8 nitrogen and oxygen atoms in total. The number of piperazine rings is 1. The van der Waals surface area contributed by atoms with Gasteiger partial charge in [0.2, 0.25) is 27.6 Å². The minimum absolute atomic E-state index is 0.0223. The van der Waals surface area contributed by atoms with Crippen molar-refractivity contribution in [2.75, 3.05) is 26.2 Å². The van der Waals surface area contributed by atoms with Gasteiger partial charge in [-0.2, -0.15) is 9.29 Å². The van der Waals surface area contributed by atoms with Crippen LogP contribution in [0.2, 0.25) is 0 Å².